The Hall–Kier alpha value is -3.63. The number of carbonyl (C=O) groups excluding carboxylic acids is 5. The fourth-order valence-corrected chi connectivity index (χ4v) is 4.13. The minimum atomic E-state index is -0.813. The molecule has 0 atom stereocenters. The van der Waals surface area contributed by atoms with Gasteiger partial charge in [0.1, 0.15) is 11.3 Å². The van der Waals surface area contributed by atoms with Crippen LogP contribution in [-0.2, 0) is 46.2 Å². The van der Waals surface area contributed by atoms with Crippen LogP contribution < -0.4 is 10.6 Å². The predicted molar refractivity (Wildman–Crippen MR) is 130 cm³/mol. The van der Waals surface area contributed by atoms with Gasteiger partial charge in [0.25, 0.3) is 0 Å². The molecule has 0 radical (unpaired) electrons. The smallest absolute Gasteiger partial charge is 0.355 e. The van der Waals surface area contributed by atoms with E-state index in [4.69, 9.17) is 14.2 Å². The molecule has 11 nitrogen and oxygen atoms in total. The highest BCUT2D eigenvalue weighted by Gasteiger charge is 2.38. The van der Waals surface area contributed by atoms with Crippen molar-refractivity contribution in [2.24, 2.45) is 5.41 Å². The molecule has 1 aromatic heterocycles. The minimum Gasteiger partial charge on any atom is -0.469 e. The summed E-state index contributed by atoms with van der Waals surface area (Å²) in [5.74, 6) is -1.95. The highest BCUT2D eigenvalue weighted by molar-refractivity contribution is 5.94. The number of carbonyl (C=O) groups is 5. The van der Waals surface area contributed by atoms with Gasteiger partial charge in [0.05, 0.1) is 20.6 Å². The average molecular weight is 506 g/mol. The lowest BCUT2D eigenvalue weighted by Crippen LogP contribution is -2.25. The molecule has 2 amide bonds. The standard InChI is InChI=1S/C25H35N3O8/c1-24(2,3)36-23(33)21-14(8-9-18(31)34-6)15(10-19(32)35-7)20(28-21)16(12-26-13-29)22-25(4,5)11-17(30)27-22/h13,28H,8-12H2,1-7H3,(H,26,29)(H,27,30)/b22-16-. The van der Waals surface area contributed by atoms with Gasteiger partial charge in [0.15, 0.2) is 0 Å². The Morgan fingerprint density at radius 2 is 1.69 bits per heavy atom. The van der Waals surface area contributed by atoms with E-state index < -0.39 is 28.9 Å². The zero-order valence-corrected chi connectivity index (χ0v) is 21.9. The van der Waals surface area contributed by atoms with Crippen LogP contribution in [0.2, 0.25) is 0 Å². The van der Waals surface area contributed by atoms with Gasteiger partial charge in [0.2, 0.25) is 12.3 Å². The van der Waals surface area contributed by atoms with E-state index in [0.29, 0.717) is 34.5 Å². The third-order valence-electron chi connectivity index (χ3n) is 5.69. The summed E-state index contributed by atoms with van der Waals surface area (Å²) in [6, 6.07) is 0. The van der Waals surface area contributed by atoms with Crippen molar-refractivity contribution < 1.29 is 38.2 Å². The molecule has 2 heterocycles. The largest absolute Gasteiger partial charge is 0.469 e. The van der Waals surface area contributed by atoms with Gasteiger partial charge in [-0.2, -0.15) is 0 Å². The molecule has 1 aliphatic rings. The summed E-state index contributed by atoms with van der Waals surface area (Å²) >= 11 is 0. The predicted octanol–water partition coefficient (Wildman–Crippen LogP) is 1.79. The summed E-state index contributed by atoms with van der Waals surface area (Å²) in [5.41, 5.74) is 0.834. The second-order valence-electron chi connectivity index (χ2n) is 10.1. The van der Waals surface area contributed by atoms with Crippen molar-refractivity contribution in [2.75, 3.05) is 20.8 Å². The van der Waals surface area contributed by atoms with Crippen molar-refractivity contribution in [3.05, 3.63) is 28.2 Å². The van der Waals surface area contributed by atoms with Gasteiger partial charge in [-0.05, 0) is 38.3 Å². The molecule has 0 spiro atoms. The maximum atomic E-state index is 13.2. The lowest BCUT2D eigenvalue weighted by atomic mass is 9.84. The summed E-state index contributed by atoms with van der Waals surface area (Å²) in [4.78, 5) is 64.2. The van der Waals surface area contributed by atoms with Crippen LogP contribution in [0, 0.1) is 5.41 Å². The van der Waals surface area contributed by atoms with Crippen molar-refractivity contribution in [1.29, 1.82) is 0 Å². The van der Waals surface area contributed by atoms with Gasteiger partial charge < -0.3 is 29.8 Å². The molecule has 1 aliphatic heterocycles. The molecule has 1 fully saturated rings. The maximum Gasteiger partial charge on any atom is 0.355 e. The number of aromatic nitrogens is 1. The van der Waals surface area contributed by atoms with Crippen LogP contribution in [0.1, 0.15) is 74.8 Å². The van der Waals surface area contributed by atoms with E-state index in [1.807, 2.05) is 13.8 Å². The van der Waals surface area contributed by atoms with Crippen molar-refractivity contribution in [2.45, 2.75) is 65.9 Å². The fourth-order valence-electron chi connectivity index (χ4n) is 4.13. The van der Waals surface area contributed by atoms with Gasteiger partial charge in [-0.3, -0.25) is 19.2 Å². The Bertz CT molecular complexity index is 1080. The van der Waals surface area contributed by atoms with E-state index >= 15 is 0 Å². The van der Waals surface area contributed by atoms with E-state index in [9.17, 15) is 24.0 Å². The zero-order valence-electron chi connectivity index (χ0n) is 21.9. The molecule has 1 aromatic rings. The van der Waals surface area contributed by atoms with Gasteiger partial charge in [-0.25, -0.2) is 4.79 Å². The molecule has 198 valence electrons. The summed E-state index contributed by atoms with van der Waals surface area (Å²) in [6.07, 6.45) is 0.518. The number of hydrogen-bond donors (Lipinski definition) is 3. The molecule has 0 bridgehead atoms. The molecular weight excluding hydrogens is 470 g/mol. The summed E-state index contributed by atoms with van der Waals surface area (Å²) in [6.45, 7) is 8.90. The highest BCUT2D eigenvalue weighted by Crippen LogP contribution is 2.40. The van der Waals surface area contributed by atoms with Crippen LogP contribution in [0.4, 0.5) is 0 Å². The Morgan fingerprint density at radius 3 is 2.19 bits per heavy atom. The third kappa shape index (κ3) is 6.96. The number of methoxy groups -OCH3 is 2. The Morgan fingerprint density at radius 1 is 1.06 bits per heavy atom. The third-order valence-corrected chi connectivity index (χ3v) is 5.69. The fraction of sp³-hybridized carbons (Fsp3) is 0.560. The zero-order chi connectivity index (χ0) is 27.3. The van der Waals surface area contributed by atoms with Gasteiger partial charge in [-0.15, -0.1) is 0 Å². The first kappa shape index (κ1) is 28.6. The first-order chi connectivity index (χ1) is 16.7. The molecule has 0 unspecified atom stereocenters. The Kier molecular flexibility index (Phi) is 9.06. The van der Waals surface area contributed by atoms with E-state index in [0.717, 1.165) is 0 Å². The molecule has 1 saturated heterocycles. The second kappa shape index (κ2) is 11.4. The number of esters is 3. The van der Waals surface area contributed by atoms with Crippen molar-refractivity contribution in [3.8, 4) is 0 Å². The number of allylic oxidation sites excluding steroid dienone is 1. The van der Waals surface area contributed by atoms with Gasteiger partial charge in [-0.1, -0.05) is 13.8 Å². The number of amides is 2. The van der Waals surface area contributed by atoms with Gasteiger partial charge in [0, 0.05) is 41.8 Å². The SMILES string of the molecule is COC(=O)CCc1c(C(=O)OC(C)(C)C)[nH]c(/C(CNC=O)=C2\NC(=O)CC2(C)C)c1CC(=O)OC. The monoisotopic (exact) mass is 505 g/mol. The first-order valence-corrected chi connectivity index (χ1v) is 11.6. The Labute approximate surface area is 210 Å². The van der Waals surface area contributed by atoms with Crippen LogP contribution in [-0.4, -0.2) is 61.6 Å². The van der Waals surface area contributed by atoms with Crippen LogP contribution in [0.15, 0.2) is 5.70 Å². The Balaban J connectivity index is 2.85. The van der Waals surface area contributed by atoms with E-state index in [-0.39, 0.29) is 43.8 Å². The topological polar surface area (TPSA) is 153 Å². The van der Waals surface area contributed by atoms with Crippen LogP contribution in [0.3, 0.4) is 0 Å². The lowest BCUT2D eigenvalue weighted by Gasteiger charge is -2.22. The van der Waals surface area contributed by atoms with E-state index in [1.54, 1.807) is 20.8 Å². The van der Waals surface area contributed by atoms with Crippen molar-refractivity contribution in [1.82, 2.24) is 15.6 Å². The molecular formula is C25H35N3O8. The molecule has 2 rings (SSSR count). The molecule has 0 saturated carbocycles. The number of H-pyrrole nitrogens is 1. The normalized spacial score (nSPS) is 16.1. The average Bonchev–Trinajstić information content (AvgIpc) is 3.26. The van der Waals surface area contributed by atoms with Crippen LogP contribution in [0.5, 0.6) is 0 Å². The first-order valence-electron chi connectivity index (χ1n) is 11.6. The second-order valence-corrected chi connectivity index (χ2v) is 10.1. The van der Waals surface area contributed by atoms with Crippen LogP contribution in [0.25, 0.3) is 5.57 Å². The molecule has 0 aromatic carbocycles. The van der Waals surface area contributed by atoms with Crippen molar-refractivity contribution >= 4 is 35.8 Å². The van der Waals surface area contributed by atoms with Crippen molar-refractivity contribution in [3.63, 3.8) is 0 Å². The maximum absolute atomic E-state index is 13.2. The number of hydrogen-bond acceptors (Lipinski definition) is 8. The summed E-state index contributed by atoms with van der Waals surface area (Å²) < 4.78 is 15.2. The molecule has 0 aliphatic carbocycles. The van der Waals surface area contributed by atoms with E-state index in [1.165, 1.54) is 14.2 Å². The number of ether oxygens (including phenoxy) is 3. The summed E-state index contributed by atoms with van der Waals surface area (Å²) in [5, 5.41) is 5.47. The molecule has 36 heavy (non-hydrogen) atoms. The quantitative estimate of drug-likeness (QED) is 0.247. The number of aromatic amines is 1. The van der Waals surface area contributed by atoms with E-state index in [2.05, 4.69) is 15.6 Å². The molecule has 11 heteroatoms. The summed E-state index contributed by atoms with van der Waals surface area (Å²) in [7, 11) is 2.50. The number of nitrogens with one attached hydrogen (secondary N) is 3. The lowest BCUT2D eigenvalue weighted by molar-refractivity contribution is -0.141. The minimum absolute atomic E-state index is 0.00142. The molecule has 3 N–H and O–H groups in total. The van der Waals surface area contributed by atoms with Gasteiger partial charge >= 0.3 is 17.9 Å². The van der Waals surface area contributed by atoms with Crippen LogP contribution >= 0.6 is 0 Å². The number of rotatable bonds is 10. The highest BCUT2D eigenvalue weighted by atomic mass is 16.6.